The van der Waals surface area contributed by atoms with Crippen LogP contribution in [0.4, 0.5) is 11.4 Å². The lowest BCUT2D eigenvalue weighted by atomic mass is 10.3. The van der Waals surface area contributed by atoms with Gasteiger partial charge in [-0.25, -0.2) is 0 Å². The van der Waals surface area contributed by atoms with Crippen LogP contribution in [0.2, 0.25) is 0 Å². The van der Waals surface area contributed by atoms with Crippen LogP contribution >= 0.6 is 12.4 Å². The molecule has 2 nitrogen and oxygen atoms in total. The minimum atomic E-state index is 0. The quantitative estimate of drug-likeness (QED) is 0.693. The molecule has 66 valence electrons. The Morgan fingerprint density at radius 1 is 1.25 bits per heavy atom. The van der Waals surface area contributed by atoms with Crippen molar-refractivity contribution in [2.75, 3.05) is 11.1 Å². The maximum Gasteiger partial charge on any atom is 0.0576 e. The molecule has 1 aliphatic rings. The number of para-hydroxylation sites is 2. The first kappa shape index (κ1) is 9.20. The Hall–Kier alpha value is -0.890. The number of nitrogens with one attached hydrogen (secondary N) is 1. The lowest BCUT2D eigenvalue weighted by Gasteiger charge is -2.06. The number of halogens is 1. The average Bonchev–Trinajstić information content (AvgIpc) is 2.78. The van der Waals surface area contributed by atoms with Crippen LogP contribution < -0.4 is 11.1 Å². The van der Waals surface area contributed by atoms with Gasteiger partial charge in [0.2, 0.25) is 0 Å². The van der Waals surface area contributed by atoms with Gasteiger partial charge in [-0.3, -0.25) is 0 Å². The fourth-order valence-corrected chi connectivity index (χ4v) is 1.08. The number of anilines is 2. The van der Waals surface area contributed by atoms with Gasteiger partial charge < -0.3 is 11.1 Å². The minimum absolute atomic E-state index is 0. The van der Waals surface area contributed by atoms with Crippen molar-refractivity contribution >= 4 is 23.8 Å². The Morgan fingerprint density at radius 3 is 2.50 bits per heavy atom. The SMILES string of the molecule is Cl.Nc1ccccc1NC1CC1. The smallest absolute Gasteiger partial charge is 0.0576 e. The van der Waals surface area contributed by atoms with Crippen LogP contribution in [0.25, 0.3) is 0 Å². The summed E-state index contributed by atoms with van der Waals surface area (Å²) in [5.74, 6) is 0. The van der Waals surface area contributed by atoms with Crippen molar-refractivity contribution in [1.82, 2.24) is 0 Å². The molecule has 0 radical (unpaired) electrons. The van der Waals surface area contributed by atoms with Crippen molar-refractivity contribution in [3.05, 3.63) is 24.3 Å². The Bertz CT molecular complexity index is 258. The summed E-state index contributed by atoms with van der Waals surface area (Å²) in [6.07, 6.45) is 2.57. The van der Waals surface area contributed by atoms with E-state index in [1.54, 1.807) is 0 Å². The Balaban J connectivity index is 0.000000720. The van der Waals surface area contributed by atoms with Crippen molar-refractivity contribution in [2.45, 2.75) is 18.9 Å². The molecule has 0 saturated heterocycles. The van der Waals surface area contributed by atoms with E-state index in [2.05, 4.69) is 5.32 Å². The molecule has 0 atom stereocenters. The molecule has 12 heavy (non-hydrogen) atoms. The summed E-state index contributed by atoms with van der Waals surface area (Å²) in [5.41, 5.74) is 7.66. The number of nitrogen functional groups attached to an aromatic ring is 1. The minimum Gasteiger partial charge on any atom is -0.397 e. The van der Waals surface area contributed by atoms with Crippen LogP contribution in [0.3, 0.4) is 0 Å². The van der Waals surface area contributed by atoms with Gasteiger partial charge in [0, 0.05) is 6.04 Å². The monoisotopic (exact) mass is 184 g/mol. The second-order valence-corrected chi connectivity index (χ2v) is 3.01. The molecule has 3 heteroatoms. The van der Waals surface area contributed by atoms with E-state index >= 15 is 0 Å². The second kappa shape index (κ2) is 3.68. The third kappa shape index (κ3) is 2.05. The van der Waals surface area contributed by atoms with E-state index < -0.39 is 0 Å². The molecular formula is C9H13ClN2. The summed E-state index contributed by atoms with van der Waals surface area (Å²) in [5, 5.41) is 3.36. The molecule has 0 amide bonds. The van der Waals surface area contributed by atoms with Gasteiger partial charge in [0.1, 0.15) is 0 Å². The van der Waals surface area contributed by atoms with E-state index in [0.29, 0.717) is 6.04 Å². The van der Waals surface area contributed by atoms with Crippen molar-refractivity contribution in [3.8, 4) is 0 Å². The first-order chi connectivity index (χ1) is 5.36. The van der Waals surface area contributed by atoms with Crippen LogP contribution in [-0.2, 0) is 0 Å². The van der Waals surface area contributed by atoms with Gasteiger partial charge in [0.25, 0.3) is 0 Å². The van der Waals surface area contributed by atoms with E-state index in [-0.39, 0.29) is 12.4 Å². The third-order valence-electron chi connectivity index (χ3n) is 1.90. The molecule has 0 aliphatic heterocycles. The highest BCUT2D eigenvalue weighted by Crippen LogP contribution is 2.27. The fraction of sp³-hybridized carbons (Fsp3) is 0.333. The zero-order valence-corrected chi connectivity index (χ0v) is 7.60. The number of rotatable bonds is 2. The number of hydrogen-bond acceptors (Lipinski definition) is 2. The average molecular weight is 185 g/mol. The van der Waals surface area contributed by atoms with Gasteiger partial charge in [-0.1, -0.05) is 12.1 Å². The molecule has 1 fully saturated rings. The van der Waals surface area contributed by atoms with Gasteiger partial charge >= 0.3 is 0 Å². The maximum atomic E-state index is 5.73. The molecule has 1 aromatic rings. The zero-order chi connectivity index (χ0) is 7.68. The topological polar surface area (TPSA) is 38.0 Å². The number of hydrogen-bond donors (Lipinski definition) is 2. The lowest BCUT2D eigenvalue weighted by Crippen LogP contribution is -2.03. The first-order valence-electron chi connectivity index (χ1n) is 3.97. The molecule has 2 rings (SSSR count). The molecule has 0 bridgehead atoms. The Morgan fingerprint density at radius 2 is 1.92 bits per heavy atom. The van der Waals surface area contributed by atoms with Gasteiger partial charge in [-0.2, -0.15) is 0 Å². The van der Waals surface area contributed by atoms with Gasteiger partial charge in [-0.05, 0) is 25.0 Å². The number of benzene rings is 1. The molecular weight excluding hydrogens is 172 g/mol. The molecule has 1 saturated carbocycles. The van der Waals surface area contributed by atoms with E-state index in [9.17, 15) is 0 Å². The van der Waals surface area contributed by atoms with E-state index in [1.807, 2.05) is 24.3 Å². The Labute approximate surface area is 78.6 Å². The van der Waals surface area contributed by atoms with Crippen molar-refractivity contribution < 1.29 is 0 Å². The van der Waals surface area contributed by atoms with Crippen molar-refractivity contribution in [2.24, 2.45) is 0 Å². The summed E-state index contributed by atoms with van der Waals surface area (Å²) in [4.78, 5) is 0. The van der Waals surface area contributed by atoms with Crippen LogP contribution in [0.15, 0.2) is 24.3 Å². The fourth-order valence-electron chi connectivity index (χ4n) is 1.08. The lowest BCUT2D eigenvalue weighted by molar-refractivity contribution is 1.16. The van der Waals surface area contributed by atoms with Gasteiger partial charge in [0.05, 0.1) is 11.4 Å². The molecule has 0 aromatic heterocycles. The maximum absolute atomic E-state index is 5.73. The molecule has 0 unspecified atom stereocenters. The summed E-state index contributed by atoms with van der Waals surface area (Å²) < 4.78 is 0. The third-order valence-corrected chi connectivity index (χ3v) is 1.90. The predicted molar refractivity (Wildman–Crippen MR) is 54.7 cm³/mol. The van der Waals surface area contributed by atoms with Crippen LogP contribution in [0.1, 0.15) is 12.8 Å². The highest BCUT2D eigenvalue weighted by Gasteiger charge is 2.21. The molecule has 1 aromatic carbocycles. The van der Waals surface area contributed by atoms with Crippen LogP contribution in [-0.4, -0.2) is 6.04 Å². The van der Waals surface area contributed by atoms with E-state index in [1.165, 1.54) is 12.8 Å². The summed E-state index contributed by atoms with van der Waals surface area (Å²) >= 11 is 0. The molecule has 1 aliphatic carbocycles. The second-order valence-electron chi connectivity index (χ2n) is 3.01. The standard InChI is InChI=1S/C9H12N2.ClH/c10-8-3-1-2-4-9(8)11-7-5-6-7;/h1-4,7,11H,5-6,10H2;1H. The summed E-state index contributed by atoms with van der Waals surface area (Å²) in [6.45, 7) is 0. The molecule has 3 N–H and O–H groups in total. The summed E-state index contributed by atoms with van der Waals surface area (Å²) in [7, 11) is 0. The predicted octanol–water partition coefficient (Wildman–Crippen LogP) is 2.26. The highest BCUT2D eigenvalue weighted by molar-refractivity contribution is 5.85. The highest BCUT2D eigenvalue weighted by atomic mass is 35.5. The van der Waals surface area contributed by atoms with Crippen LogP contribution in [0.5, 0.6) is 0 Å². The van der Waals surface area contributed by atoms with Crippen molar-refractivity contribution in [1.29, 1.82) is 0 Å². The molecule has 0 heterocycles. The summed E-state index contributed by atoms with van der Waals surface area (Å²) in [6, 6.07) is 8.58. The van der Waals surface area contributed by atoms with E-state index in [0.717, 1.165) is 11.4 Å². The Kier molecular flexibility index (Phi) is 2.82. The van der Waals surface area contributed by atoms with Crippen molar-refractivity contribution in [3.63, 3.8) is 0 Å². The zero-order valence-electron chi connectivity index (χ0n) is 6.79. The normalized spacial score (nSPS) is 15.0. The van der Waals surface area contributed by atoms with Gasteiger partial charge in [0.15, 0.2) is 0 Å². The first-order valence-corrected chi connectivity index (χ1v) is 3.97. The number of nitrogens with two attached hydrogens (primary N) is 1. The van der Waals surface area contributed by atoms with Crippen LogP contribution in [0, 0.1) is 0 Å². The van der Waals surface area contributed by atoms with E-state index in [4.69, 9.17) is 5.73 Å². The molecule has 0 spiro atoms. The van der Waals surface area contributed by atoms with Gasteiger partial charge in [-0.15, -0.1) is 12.4 Å². The largest absolute Gasteiger partial charge is 0.397 e.